The first-order chi connectivity index (χ1) is 9.16. The summed E-state index contributed by atoms with van der Waals surface area (Å²) < 4.78 is 13.1. The summed E-state index contributed by atoms with van der Waals surface area (Å²) in [7, 11) is 0. The molecule has 1 aromatic carbocycles. The minimum atomic E-state index is -0.513. The van der Waals surface area contributed by atoms with Crippen LogP contribution in [0.15, 0.2) is 18.2 Å². The van der Waals surface area contributed by atoms with Crippen molar-refractivity contribution in [1.29, 1.82) is 0 Å². The number of carbonyl (C=O) groups excluding carboxylic acids is 1. The second-order valence-corrected chi connectivity index (χ2v) is 5.18. The summed E-state index contributed by atoms with van der Waals surface area (Å²) in [4.78, 5) is 12.0. The van der Waals surface area contributed by atoms with Crippen LogP contribution >= 0.6 is 0 Å². The molecule has 0 bridgehead atoms. The normalized spacial score (nSPS) is 17.5. The average molecular weight is 265 g/mol. The van der Waals surface area contributed by atoms with Gasteiger partial charge in [0.1, 0.15) is 11.6 Å². The summed E-state index contributed by atoms with van der Waals surface area (Å²) in [6.07, 6.45) is 7.82. The van der Waals surface area contributed by atoms with E-state index in [1.807, 2.05) is 0 Å². The van der Waals surface area contributed by atoms with Gasteiger partial charge in [-0.1, -0.05) is 32.1 Å². The molecule has 0 aromatic heterocycles. The van der Waals surface area contributed by atoms with Crippen molar-refractivity contribution in [3.05, 3.63) is 29.6 Å². The molecule has 0 saturated heterocycles. The van der Waals surface area contributed by atoms with Gasteiger partial charge in [-0.2, -0.15) is 0 Å². The lowest BCUT2D eigenvalue weighted by atomic mass is 9.96. The number of rotatable bonds is 2. The molecule has 0 aliphatic heterocycles. The monoisotopic (exact) mass is 265 g/mol. The van der Waals surface area contributed by atoms with E-state index < -0.39 is 5.82 Å². The molecule has 1 aromatic rings. The molecule has 0 unspecified atom stereocenters. The Balaban J connectivity index is 2.00. The highest BCUT2D eigenvalue weighted by molar-refractivity contribution is 5.96. The zero-order valence-electron chi connectivity index (χ0n) is 11.0. The van der Waals surface area contributed by atoms with Gasteiger partial charge in [-0.15, -0.1) is 0 Å². The summed E-state index contributed by atoms with van der Waals surface area (Å²) in [5.74, 6) is -1.08. The van der Waals surface area contributed by atoms with Crippen LogP contribution in [0.5, 0.6) is 5.75 Å². The Bertz CT molecular complexity index is 440. The summed E-state index contributed by atoms with van der Waals surface area (Å²) in [5.41, 5.74) is 0.0158. The molecule has 2 rings (SSSR count). The number of phenols is 1. The van der Waals surface area contributed by atoms with E-state index in [-0.39, 0.29) is 23.3 Å². The highest BCUT2D eigenvalue weighted by Gasteiger charge is 2.17. The van der Waals surface area contributed by atoms with Gasteiger partial charge in [-0.05, 0) is 31.0 Å². The zero-order chi connectivity index (χ0) is 13.7. The molecule has 0 atom stereocenters. The Morgan fingerprint density at radius 1 is 1.16 bits per heavy atom. The SMILES string of the molecule is O=C(NC1CCCCCCC1)c1cc(F)ccc1O. The van der Waals surface area contributed by atoms with E-state index in [0.29, 0.717) is 0 Å². The molecule has 3 nitrogen and oxygen atoms in total. The number of hydrogen-bond donors (Lipinski definition) is 2. The maximum Gasteiger partial charge on any atom is 0.255 e. The van der Waals surface area contributed by atoms with Crippen LogP contribution < -0.4 is 5.32 Å². The maximum absolute atomic E-state index is 13.1. The van der Waals surface area contributed by atoms with Gasteiger partial charge >= 0.3 is 0 Å². The number of halogens is 1. The molecule has 1 aliphatic rings. The molecule has 19 heavy (non-hydrogen) atoms. The van der Waals surface area contributed by atoms with Crippen molar-refractivity contribution in [1.82, 2.24) is 5.32 Å². The van der Waals surface area contributed by atoms with Gasteiger partial charge < -0.3 is 10.4 Å². The molecule has 104 valence electrons. The standard InChI is InChI=1S/C15H20FNO2/c16-11-8-9-14(18)13(10-11)15(19)17-12-6-4-2-1-3-5-7-12/h8-10,12,18H,1-7H2,(H,17,19). The Labute approximate surface area is 112 Å². The number of phenolic OH excluding ortho intramolecular Hbond substituents is 1. The number of amides is 1. The van der Waals surface area contributed by atoms with E-state index in [0.717, 1.165) is 37.8 Å². The van der Waals surface area contributed by atoms with Crippen LogP contribution in [0.4, 0.5) is 4.39 Å². The minimum absolute atomic E-state index is 0.0158. The van der Waals surface area contributed by atoms with E-state index in [4.69, 9.17) is 0 Å². The molecule has 2 N–H and O–H groups in total. The molecule has 1 fully saturated rings. The largest absolute Gasteiger partial charge is 0.507 e. The number of carbonyl (C=O) groups is 1. The van der Waals surface area contributed by atoms with Crippen LogP contribution in [-0.4, -0.2) is 17.1 Å². The van der Waals surface area contributed by atoms with Crippen LogP contribution in [0, 0.1) is 5.82 Å². The van der Waals surface area contributed by atoms with Gasteiger partial charge in [0.2, 0.25) is 0 Å². The average Bonchev–Trinajstić information content (AvgIpc) is 2.35. The van der Waals surface area contributed by atoms with E-state index in [9.17, 15) is 14.3 Å². The molecule has 4 heteroatoms. The third kappa shape index (κ3) is 3.94. The van der Waals surface area contributed by atoms with Crippen molar-refractivity contribution in [3.63, 3.8) is 0 Å². The van der Waals surface area contributed by atoms with Crippen molar-refractivity contribution in [2.45, 2.75) is 51.0 Å². The first-order valence-corrected chi connectivity index (χ1v) is 6.96. The summed E-state index contributed by atoms with van der Waals surface area (Å²) >= 11 is 0. The van der Waals surface area contributed by atoms with E-state index in [1.54, 1.807) is 0 Å². The van der Waals surface area contributed by atoms with Crippen molar-refractivity contribution in [3.8, 4) is 5.75 Å². The highest BCUT2D eigenvalue weighted by atomic mass is 19.1. The first-order valence-electron chi connectivity index (χ1n) is 6.96. The van der Waals surface area contributed by atoms with E-state index >= 15 is 0 Å². The molecule has 1 saturated carbocycles. The van der Waals surface area contributed by atoms with Gasteiger partial charge in [-0.25, -0.2) is 4.39 Å². The predicted octanol–water partition coefficient (Wildman–Crippen LogP) is 3.37. The van der Waals surface area contributed by atoms with Gasteiger partial charge in [0, 0.05) is 6.04 Å². The lowest BCUT2D eigenvalue weighted by Gasteiger charge is -2.21. The van der Waals surface area contributed by atoms with Crippen LogP contribution in [0.3, 0.4) is 0 Å². The molecule has 1 amide bonds. The van der Waals surface area contributed by atoms with Crippen molar-refractivity contribution < 1.29 is 14.3 Å². The maximum atomic E-state index is 13.1. The Morgan fingerprint density at radius 2 is 1.79 bits per heavy atom. The first kappa shape index (κ1) is 13.8. The molecule has 1 aliphatic carbocycles. The smallest absolute Gasteiger partial charge is 0.255 e. The summed E-state index contributed by atoms with van der Waals surface area (Å²) in [5, 5.41) is 12.5. The Kier molecular flexibility index (Phi) is 4.77. The van der Waals surface area contributed by atoms with Crippen LogP contribution in [0.1, 0.15) is 55.3 Å². The third-order valence-corrected chi connectivity index (χ3v) is 3.64. The second kappa shape index (κ2) is 6.55. The Hall–Kier alpha value is -1.58. The summed E-state index contributed by atoms with van der Waals surface area (Å²) in [6.45, 7) is 0. The fourth-order valence-corrected chi connectivity index (χ4v) is 2.55. The van der Waals surface area contributed by atoms with Crippen molar-refractivity contribution in [2.75, 3.05) is 0 Å². The predicted molar refractivity (Wildman–Crippen MR) is 71.6 cm³/mol. The lowest BCUT2D eigenvalue weighted by Crippen LogP contribution is -2.35. The molecular formula is C15H20FNO2. The third-order valence-electron chi connectivity index (χ3n) is 3.64. The number of nitrogens with one attached hydrogen (secondary N) is 1. The summed E-state index contributed by atoms with van der Waals surface area (Å²) in [6, 6.07) is 3.56. The Morgan fingerprint density at radius 3 is 2.47 bits per heavy atom. The number of benzene rings is 1. The number of aromatic hydroxyl groups is 1. The van der Waals surface area contributed by atoms with Gasteiger partial charge in [0.25, 0.3) is 5.91 Å². The highest BCUT2D eigenvalue weighted by Crippen LogP contribution is 2.20. The van der Waals surface area contributed by atoms with Crippen molar-refractivity contribution in [2.24, 2.45) is 0 Å². The number of hydrogen-bond acceptors (Lipinski definition) is 2. The molecule has 0 radical (unpaired) electrons. The fourth-order valence-electron chi connectivity index (χ4n) is 2.55. The fraction of sp³-hybridized carbons (Fsp3) is 0.533. The second-order valence-electron chi connectivity index (χ2n) is 5.18. The zero-order valence-corrected chi connectivity index (χ0v) is 11.0. The van der Waals surface area contributed by atoms with Gasteiger partial charge in [0.15, 0.2) is 0 Å². The molecule has 0 heterocycles. The van der Waals surface area contributed by atoms with Gasteiger partial charge in [-0.3, -0.25) is 4.79 Å². The lowest BCUT2D eigenvalue weighted by molar-refractivity contribution is 0.0927. The van der Waals surface area contributed by atoms with E-state index in [1.165, 1.54) is 25.3 Å². The van der Waals surface area contributed by atoms with Crippen molar-refractivity contribution >= 4 is 5.91 Å². The van der Waals surface area contributed by atoms with E-state index in [2.05, 4.69) is 5.32 Å². The van der Waals surface area contributed by atoms with Crippen LogP contribution in [0.25, 0.3) is 0 Å². The quantitative estimate of drug-likeness (QED) is 0.861. The minimum Gasteiger partial charge on any atom is -0.507 e. The molecule has 0 spiro atoms. The topological polar surface area (TPSA) is 49.3 Å². The van der Waals surface area contributed by atoms with Crippen LogP contribution in [0.2, 0.25) is 0 Å². The molecular weight excluding hydrogens is 245 g/mol. The van der Waals surface area contributed by atoms with Gasteiger partial charge in [0.05, 0.1) is 5.56 Å². The van der Waals surface area contributed by atoms with Crippen LogP contribution in [-0.2, 0) is 0 Å².